The van der Waals surface area contributed by atoms with E-state index in [4.69, 9.17) is 0 Å². The summed E-state index contributed by atoms with van der Waals surface area (Å²) in [5.74, 6) is -0.0741. The minimum Gasteiger partial charge on any atom is -0.360 e. The summed E-state index contributed by atoms with van der Waals surface area (Å²) in [6, 6.07) is 7.72. The Morgan fingerprint density at radius 3 is 3.00 bits per heavy atom. The van der Waals surface area contributed by atoms with Crippen molar-refractivity contribution in [3.63, 3.8) is 0 Å². The highest BCUT2D eigenvalue weighted by atomic mass is 16.2. The SMILES string of the molecule is O=C(c1c[nH]c2ccccc12)n1ccnc1. The molecule has 4 heteroatoms. The van der Waals surface area contributed by atoms with E-state index in [9.17, 15) is 4.79 Å². The Morgan fingerprint density at radius 2 is 2.19 bits per heavy atom. The zero-order chi connectivity index (χ0) is 11.0. The second kappa shape index (κ2) is 3.34. The predicted molar refractivity (Wildman–Crippen MR) is 60.3 cm³/mol. The molecule has 3 rings (SSSR count). The number of fused-ring (bicyclic) bond motifs is 1. The number of benzene rings is 1. The smallest absolute Gasteiger partial charge is 0.265 e. The quantitative estimate of drug-likeness (QED) is 0.669. The first-order valence-electron chi connectivity index (χ1n) is 4.95. The van der Waals surface area contributed by atoms with Crippen molar-refractivity contribution in [1.82, 2.24) is 14.5 Å². The number of nitrogens with one attached hydrogen (secondary N) is 1. The molecule has 0 saturated carbocycles. The number of aromatic amines is 1. The van der Waals surface area contributed by atoms with E-state index < -0.39 is 0 Å². The van der Waals surface area contributed by atoms with Gasteiger partial charge in [-0.1, -0.05) is 18.2 Å². The van der Waals surface area contributed by atoms with Gasteiger partial charge < -0.3 is 4.98 Å². The summed E-state index contributed by atoms with van der Waals surface area (Å²) in [5.41, 5.74) is 1.62. The maximum Gasteiger partial charge on any atom is 0.265 e. The number of hydrogen-bond donors (Lipinski definition) is 1. The standard InChI is InChI=1S/C12H9N3O/c16-12(15-6-5-13-8-15)10-7-14-11-4-2-1-3-9(10)11/h1-8,14H. The molecular weight excluding hydrogens is 202 g/mol. The van der Waals surface area contributed by atoms with Crippen LogP contribution in [0.5, 0.6) is 0 Å². The van der Waals surface area contributed by atoms with Crippen LogP contribution in [0.25, 0.3) is 10.9 Å². The van der Waals surface area contributed by atoms with E-state index in [0.29, 0.717) is 5.56 Å². The molecule has 0 unspecified atom stereocenters. The Balaban J connectivity index is 2.16. The number of nitrogens with zero attached hydrogens (tertiary/aromatic N) is 2. The molecule has 0 saturated heterocycles. The van der Waals surface area contributed by atoms with Crippen molar-refractivity contribution in [2.45, 2.75) is 0 Å². The van der Waals surface area contributed by atoms with Gasteiger partial charge in [0, 0.05) is 29.5 Å². The monoisotopic (exact) mass is 211 g/mol. The van der Waals surface area contributed by atoms with Crippen LogP contribution in [0.3, 0.4) is 0 Å². The van der Waals surface area contributed by atoms with Gasteiger partial charge >= 0.3 is 0 Å². The maximum atomic E-state index is 12.1. The topological polar surface area (TPSA) is 50.7 Å². The lowest BCUT2D eigenvalue weighted by Gasteiger charge is -1.98. The number of imidazole rings is 1. The highest BCUT2D eigenvalue weighted by molar-refractivity contribution is 6.07. The van der Waals surface area contributed by atoms with Crippen molar-refractivity contribution in [3.05, 3.63) is 54.7 Å². The van der Waals surface area contributed by atoms with Crippen LogP contribution in [0, 0.1) is 0 Å². The Labute approximate surface area is 91.5 Å². The van der Waals surface area contributed by atoms with Crippen LogP contribution in [0.1, 0.15) is 10.4 Å². The van der Waals surface area contributed by atoms with Crippen molar-refractivity contribution >= 4 is 16.8 Å². The summed E-state index contributed by atoms with van der Waals surface area (Å²) in [6.07, 6.45) is 6.47. The number of carbonyl (C=O) groups excluding carboxylic acids is 1. The van der Waals surface area contributed by atoms with Crippen LogP contribution >= 0.6 is 0 Å². The third-order valence-electron chi connectivity index (χ3n) is 2.56. The summed E-state index contributed by atoms with van der Waals surface area (Å²) < 4.78 is 1.47. The number of carbonyl (C=O) groups is 1. The second-order valence-electron chi connectivity index (χ2n) is 3.52. The average Bonchev–Trinajstić information content (AvgIpc) is 2.98. The first-order valence-corrected chi connectivity index (χ1v) is 4.95. The van der Waals surface area contributed by atoms with Crippen molar-refractivity contribution < 1.29 is 4.79 Å². The molecule has 0 atom stereocenters. The van der Waals surface area contributed by atoms with E-state index in [1.54, 1.807) is 18.6 Å². The zero-order valence-electron chi connectivity index (χ0n) is 8.42. The van der Waals surface area contributed by atoms with E-state index in [-0.39, 0.29) is 5.91 Å². The molecule has 0 amide bonds. The maximum absolute atomic E-state index is 12.1. The minimum absolute atomic E-state index is 0.0741. The Hall–Kier alpha value is -2.36. The number of aromatic nitrogens is 3. The summed E-state index contributed by atoms with van der Waals surface area (Å²) in [5, 5.41) is 0.932. The molecule has 16 heavy (non-hydrogen) atoms. The minimum atomic E-state index is -0.0741. The molecule has 0 bridgehead atoms. The molecule has 1 N–H and O–H groups in total. The van der Waals surface area contributed by atoms with Gasteiger partial charge in [0.05, 0.1) is 5.56 Å². The molecule has 78 valence electrons. The van der Waals surface area contributed by atoms with Crippen molar-refractivity contribution in [2.24, 2.45) is 0 Å². The number of rotatable bonds is 1. The van der Waals surface area contributed by atoms with Gasteiger partial charge in [-0.05, 0) is 6.07 Å². The van der Waals surface area contributed by atoms with E-state index in [1.165, 1.54) is 10.9 Å². The Bertz CT molecular complexity index is 637. The number of para-hydroxylation sites is 1. The molecule has 0 aliphatic carbocycles. The van der Waals surface area contributed by atoms with Crippen molar-refractivity contribution in [1.29, 1.82) is 0 Å². The zero-order valence-corrected chi connectivity index (χ0v) is 8.42. The van der Waals surface area contributed by atoms with Crippen LogP contribution in [0.2, 0.25) is 0 Å². The van der Waals surface area contributed by atoms with Crippen LogP contribution in [0.4, 0.5) is 0 Å². The Morgan fingerprint density at radius 1 is 1.31 bits per heavy atom. The fourth-order valence-electron chi connectivity index (χ4n) is 1.77. The van der Waals surface area contributed by atoms with Crippen LogP contribution < -0.4 is 0 Å². The van der Waals surface area contributed by atoms with Gasteiger partial charge in [0.1, 0.15) is 6.33 Å². The van der Waals surface area contributed by atoms with Gasteiger partial charge in [0.25, 0.3) is 5.91 Å². The molecule has 0 aliphatic rings. The molecule has 3 aromatic rings. The molecule has 0 aliphatic heterocycles. The predicted octanol–water partition coefficient (Wildman–Crippen LogP) is 2.05. The van der Waals surface area contributed by atoms with E-state index in [2.05, 4.69) is 9.97 Å². The average molecular weight is 211 g/mol. The molecule has 0 spiro atoms. The first-order chi connectivity index (χ1) is 7.86. The second-order valence-corrected chi connectivity index (χ2v) is 3.52. The Kier molecular flexibility index (Phi) is 1.86. The van der Waals surface area contributed by atoms with E-state index in [1.807, 2.05) is 24.3 Å². The van der Waals surface area contributed by atoms with Gasteiger partial charge in [-0.2, -0.15) is 0 Å². The van der Waals surface area contributed by atoms with Crippen LogP contribution in [-0.2, 0) is 0 Å². The molecule has 4 nitrogen and oxygen atoms in total. The number of hydrogen-bond acceptors (Lipinski definition) is 2. The van der Waals surface area contributed by atoms with Crippen LogP contribution in [0.15, 0.2) is 49.2 Å². The fraction of sp³-hybridized carbons (Fsp3) is 0. The van der Waals surface area contributed by atoms with E-state index in [0.717, 1.165) is 10.9 Å². The molecule has 2 aromatic heterocycles. The normalized spacial score (nSPS) is 10.8. The summed E-state index contributed by atoms with van der Waals surface area (Å²) in [7, 11) is 0. The largest absolute Gasteiger partial charge is 0.360 e. The van der Waals surface area contributed by atoms with Gasteiger partial charge in [0.15, 0.2) is 0 Å². The molecule has 0 radical (unpaired) electrons. The lowest BCUT2D eigenvalue weighted by Crippen LogP contribution is -2.08. The van der Waals surface area contributed by atoms with E-state index >= 15 is 0 Å². The summed E-state index contributed by atoms with van der Waals surface area (Å²) in [4.78, 5) is 19.0. The van der Waals surface area contributed by atoms with Crippen LogP contribution in [-0.4, -0.2) is 20.4 Å². The fourth-order valence-corrected chi connectivity index (χ4v) is 1.77. The van der Waals surface area contributed by atoms with Gasteiger partial charge in [-0.15, -0.1) is 0 Å². The first kappa shape index (κ1) is 8.91. The van der Waals surface area contributed by atoms with Gasteiger partial charge in [-0.25, -0.2) is 4.98 Å². The number of H-pyrrole nitrogens is 1. The third kappa shape index (κ3) is 1.24. The lowest BCUT2D eigenvalue weighted by molar-refractivity contribution is 0.0961. The molecular formula is C12H9N3O. The van der Waals surface area contributed by atoms with Gasteiger partial charge in [-0.3, -0.25) is 9.36 Å². The van der Waals surface area contributed by atoms with Gasteiger partial charge in [0.2, 0.25) is 0 Å². The van der Waals surface area contributed by atoms with Crippen molar-refractivity contribution in [3.8, 4) is 0 Å². The molecule has 0 fully saturated rings. The highest BCUT2D eigenvalue weighted by Crippen LogP contribution is 2.18. The third-order valence-corrected chi connectivity index (χ3v) is 2.56. The lowest BCUT2D eigenvalue weighted by atomic mass is 10.1. The highest BCUT2D eigenvalue weighted by Gasteiger charge is 2.12. The summed E-state index contributed by atoms with van der Waals surface area (Å²) in [6.45, 7) is 0. The molecule has 2 heterocycles. The molecule has 1 aromatic carbocycles. The summed E-state index contributed by atoms with van der Waals surface area (Å²) >= 11 is 0. The van der Waals surface area contributed by atoms with Crippen molar-refractivity contribution in [2.75, 3.05) is 0 Å².